The van der Waals surface area contributed by atoms with Crippen LogP contribution in [0.25, 0.3) is 5.69 Å². The summed E-state index contributed by atoms with van der Waals surface area (Å²) in [4.78, 5) is 20.4. The Morgan fingerprint density at radius 3 is 2.38 bits per heavy atom. The van der Waals surface area contributed by atoms with E-state index in [2.05, 4.69) is 41.2 Å². The Labute approximate surface area is 202 Å². The van der Waals surface area contributed by atoms with Crippen LogP contribution in [-0.4, -0.2) is 57.8 Å². The highest BCUT2D eigenvalue weighted by Gasteiger charge is 2.28. The van der Waals surface area contributed by atoms with E-state index < -0.39 is 0 Å². The lowest BCUT2D eigenvalue weighted by Gasteiger charge is -2.38. The van der Waals surface area contributed by atoms with E-state index in [0.717, 1.165) is 43.2 Å². The van der Waals surface area contributed by atoms with Crippen molar-refractivity contribution in [2.45, 2.75) is 57.9 Å². The van der Waals surface area contributed by atoms with Gasteiger partial charge < -0.3 is 4.74 Å². The second-order valence-corrected chi connectivity index (χ2v) is 9.74. The predicted octanol–water partition coefficient (Wildman–Crippen LogP) is 4.67. The summed E-state index contributed by atoms with van der Waals surface area (Å²) >= 11 is 0. The highest BCUT2D eigenvalue weighted by Crippen LogP contribution is 2.34. The van der Waals surface area contributed by atoms with Crippen molar-refractivity contribution in [3.63, 3.8) is 0 Å². The third kappa shape index (κ3) is 4.98. The van der Waals surface area contributed by atoms with Crippen LogP contribution in [0.2, 0.25) is 0 Å². The fraction of sp³-hybridized carbons (Fsp3) is 0.464. The van der Waals surface area contributed by atoms with Gasteiger partial charge >= 0.3 is 0 Å². The summed E-state index contributed by atoms with van der Waals surface area (Å²) in [5.41, 5.74) is 5.84. The van der Waals surface area contributed by atoms with Crippen LogP contribution >= 0.6 is 0 Å². The molecule has 6 heteroatoms. The van der Waals surface area contributed by atoms with Crippen LogP contribution in [-0.2, 0) is 11.2 Å². The van der Waals surface area contributed by atoms with Crippen molar-refractivity contribution < 1.29 is 9.53 Å². The average molecular weight is 459 g/mol. The van der Waals surface area contributed by atoms with Gasteiger partial charge in [-0.15, -0.1) is 0 Å². The van der Waals surface area contributed by atoms with Crippen LogP contribution in [0.15, 0.2) is 48.8 Å². The molecule has 1 saturated heterocycles. The molecule has 0 N–H and O–H groups in total. The number of ether oxygens (including phenoxy) is 1. The van der Waals surface area contributed by atoms with E-state index in [1.54, 1.807) is 6.20 Å². The van der Waals surface area contributed by atoms with Crippen molar-refractivity contribution in [2.75, 3.05) is 26.3 Å². The SMILES string of the molecule is Cc1ccc(-n2ncc(C(=O)Cc3ccc(C4CCC(N5CCOCC5)CC4)nc3)c2C)cc1. The zero-order valence-corrected chi connectivity index (χ0v) is 20.2. The van der Waals surface area contributed by atoms with E-state index >= 15 is 0 Å². The first-order valence-corrected chi connectivity index (χ1v) is 12.5. The average Bonchev–Trinajstić information content (AvgIpc) is 3.27. The Morgan fingerprint density at radius 1 is 0.971 bits per heavy atom. The van der Waals surface area contributed by atoms with Gasteiger partial charge in [-0.3, -0.25) is 14.7 Å². The molecule has 0 spiro atoms. The summed E-state index contributed by atoms with van der Waals surface area (Å²) in [6, 6.07) is 13.1. The Morgan fingerprint density at radius 2 is 1.71 bits per heavy atom. The fourth-order valence-corrected chi connectivity index (χ4v) is 5.37. The van der Waals surface area contributed by atoms with Crippen LogP contribution in [0.1, 0.15) is 64.5 Å². The number of aryl methyl sites for hydroxylation is 1. The molecule has 178 valence electrons. The lowest BCUT2D eigenvalue weighted by Crippen LogP contribution is -2.44. The molecule has 0 radical (unpaired) electrons. The summed E-state index contributed by atoms with van der Waals surface area (Å²) < 4.78 is 7.33. The molecule has 2 aromatic heterocycles. The zero-order chi connectivity index (χ0) is 23.5. The van der Waals surface area contributed by atoms with Crippen molar-refractivity contribution in [2.24, 2.45) is 0 Å². The lowest BCUT2D eigenvalue weighted by molar-refractivity contribution is 0.00721. The van der Waals surface area contributed by atoms with Crippen molar-refractivity contribution in [1.29, 1.82) is 0 Å². The Balaban J connectivity index is 1.19. The second-order valence-electron chi connectivity index (χ2n) is 9.74. The summed E-state index contributed by atoms with van der Waals surface area (Å²) in [7, 11) is 0. The number of pyridine rings is 1. The lowest BCUT2D eigenvalue weighted by atomic mass is 9.83. The first-order chi connectivity index (χ1) is 16.6. The third-order valence-corrected chi connectivity index (χ3v) is 7.48. The largest absolute Gasteiger partial charge is 0.379 e. The van der Waals surface area contributed by atoms with Crippen LogP contribution in [0.4, 0.5) is 0 Å². The van der Waals surface area contributed by atoms with E-state index in [-0.39, 0.29) is 5.78 Å². The molecule has 2 aliphatic rings. The van der Waals surface area contributed by atoms with Crippen molar-refractivity contribution in [1.82, 2.24) is 19.7 Å². The normalized spacial score (nSPS) is 21.5. The maximum absolute atomic E-state index is 13.0. The van der Waals surface area contributed by atoms with Crippen LogP contribution in [0, 0.1) is 13.8 Å². The Kier molecular flexibility index (Phi) is 6.88. The number of rotatable bonds is 6. The van der Waals surface area contributed by atoms with E-state index in [1.165, 1.54) is 36.9 Å². The number of aromatic nitrogens is 3. The topological polar surface area (TPSA) is 60.2 Å². The van der Waals surface area contributed by atoms with Gasteiger partial charge in [0.15, 0.2) is 5.78 Å². The first kappa shape index (κ1) is 22.9. The highest BCUT2D eigenvalue weighted by atomic mass is 16.5. The Hall–Kier alpha value is -2.83. The van der Waals surface area contributed by atoms with Gasteiger partial charge in [-0.2, -0.15) is 5.10 Å². The summed E-state index contributed by atoms with van der Waals surface area (Å²) in [6.45, 7) is 7.89. The quantitative estimate of drug-likeness (QED) is 0.503. The number of Topliss-reactive ketones (excluding diaryl/α,β-unsaturated/α-hetero) is 1. The number of nitrogens with zero attached hydrogens (tertiary/aromatic N) is 4. The van der Waals surface area contributed by atoms with Crippen LogP contribution < -0.4 is 0 Å². The summed E-state index contributed by atoms with van der Waals surface area (Å²) in [6.07, 6.45) is 8.76. The van der Waals surface area contributed by atoms with E-state index in [9.17, 15) is 4.79 Å². The number of ketones is 1. The molecular weight excluding hydrogens is 424 g/mol. The molecule has 5 rings (SSSR count). The van der Waals surface area contributed by atoms with Gasteiger partial charge in [-0.05, 0) is 63.3 Å². The third-order valence-electron chi connectivity index (χ3n) is 7.48. The standard InChI is InChI=1S/C28H34N4O2/c1-20-3-8-25(9-4-20)32-21(2)26(19-30-32)28(33)17-22-5-12-27(29-18-22)23-6-10-24(11-7-23)31-13-15-34-16-14-31/h3-5,8-9,12,18-19,23-24H,6-7,10-11,13-17H2,1-2H3. The maximum Gasteiger partial charge on any atom is 0.170 e. The number of morpholine rings is 1. The smallest absolute Gasteiger partial charge is 0.170 e. The van der Waals surface area contributed by atoms with Gasteiger partial charge in [0.25, 0.3) is 0 Å². The molecule has 2 fully saturated rings. The van der Waals surface area contributed by atoms with Gasteiger partial charge in [0.1, 0.15) is 0 Å². The monoisotopic (exact) mass is 458 g/mol. The minimum atomic E-state index is 0.0800. The van der Waals surface area contributed by atoms with E-state index in [0.29, 0.717) is 23.9 Å². The van der Waals surface area contributed by atoms with Gasteiger partial charge in [0.05, 0.1) is 36.4 Å². The molecule has 0 bridgehead atoms. The molecule has 3 aromatic rings. The number of hydrogen-bond donors (Lipinski definition) is 0. The number of hydrogen-bond acceptors (Lipinski definition) is 5. The van der Waals surface area contributed by atoms with Crippen LogP contribution in [0.5, 0.6) is 0 Å². The fourth-order valence-electron chi connectivity index (χ4n) is 5.37. The number of carbonyl (C=O) groups is 1. The molecule has 0 atom stereocenters. The van der Waals surface area contributed by atoms with Gasteiger partial charge in [0, 0.05) is 43.4 Å². The highest BCUT2D eigenvalue weighted by molar-refractivity contribution is 5.98. The molecule has 1 aliphatic heterocycles. The van der Waals surface area contributed by atoms with Crippen molar-refractivity contribution in [3.05, 3.63) is 76.9 Å². The minimum Gasteiger partial charge on any atom is -0.379 e. The molecule has 34 heavy (non-hydrogen) atoms. The van der Waals surface area contributed by atoms with E-state index in [1.807, 2.05) is 29.9 Å². The minimum absolute atomic E-state index is 0.0800. The van der Waals surface area contributed by atoms with Gasteiger partial charge in [-0.25, -0.2) is 4.68 Å². The predicted molar refractivity (Wildman–Crippen MR) is 133 cm³/mol. The van der Waals surface area contributed by atoms with Gasteiger partial charge in [-0.1, -0.05) is 23.8 Å². The number of benzene rings is 1. The maximum atomic E-state index is 13.0. The molecule has 1 saturated carbocycles. The zero-order valence-electron chi connectivity index (χ0n) is 20.2. The summed E-state index contributed by atoms with van der Waals surface area (Å²) in [5, 5.41) is 4.46. The molecule has 0 unspecified atom stereocenters. The van der Waals surface area contributed by atoms with E-state index in [4.69, 9.17) is 9.72 Å². The second kappa shape index (κ2) is 10.2. The molecule has 1 aliphatic carbocycles. The van der Waals surface area contributed by atoms with Crippen molar-refractivity contribution >= 4 is 5.78 Å². The molecular formula is C28H34N4O2. The molecule has 0 amide bonds. The summed E-state index contributed by atoms with van der Waals surface area (Å²) in [5.74, 6) is 0.605. The molecule has 6 nitrogen and oxygen atoms in total. The Bertz CT molecular complexity index is 1110. The molecule has 3 heterocycles. The van der Waals surface area contributed by atoms with Crippen LogP contribution in [0.3, 0.4) is 0 Å². The molecule has 1 aromatic carbocycles. The number of carbonyl (C=O) groups excluding carboxylic acids is 1. The van der Waals surface area contributed by atoms with Gasteiger partial charge in [0.2, 0.25) is 0 Å². The van der Waals surface area contributed by atoms with Crippen molar-refractivity contribution in [3.8, 4) is 5.69 Å². The first-order valence-electron chi connectivity index (χ1n) is 12.5.